The molecule has 2 aliphatic rings. The van der Waals surface area contributed by atoms with Gasteiger partial charge < -0.3 is 4.90 Å². The van der Waals surface area contributed by atoms with Gasteiger partial charge in [0.2, 0.25) is 15.9 Å². The Bertz CT molecular complexity index is 748. The van der Waals surface area contributed by atoms with Crippen LogP contribution in [-0.2, 0) is 14.8 Å². The number of nitrogens with zero attached hydrogens (tertiary/aromatic N) is 3. The molecule has 1 atom stereocenters. The molecule has 144 valence electrons. The molecule has 0 aliphatic carbocycles. The summed E-state index contributed by atoms with van der Waals surface area (Å²) in [5.41, 5.74) is 0. The molecule has 0 radical (unpaired) electrons. The summed E-state index contributed by atoms with van der Waals surface area (Å²) in [7, 11) is -3.72. The van der Waals surface area contributed by atoms with Crippen LogP contribution < -0.4 is 0 Å². The number of carbonyl (C=O) groups excluding carboxylic acids is 1. The van der Waals surface area contributed by atoms with Crippen LogP contribution in [0.1, 0.15) is 26.2 Å². The number of sulfonamides is 1. The van der Waals surface area contributed by atoms with Crippen molar-refractivity contribution in [1.29, 1.82) is 0 Å². The number of carbonyl (C=O) groups is 1. The lowest BCUT2D eigenvalue weighted by Crippen LogP contribution is -2.53. The minimum Gasteiger partial charge on any atom is -0.339 e. The third-order valence-corrected chi connectivity index (χ3v) is 7.20. The molecular weight excluding hydrogens is 357 g/mol. The number of amides is 1. The van der Waals surface area contributed by atoms with Gasteiger partial charge in [0.15, 0.2) is 0 Å². The highest BCUT2D eigenvalue weighted by Crippen LogP contribution is 2.20. The van der Waals surface area contributed by atoms with Crippen molar-refractivity contribution in [2.24, 2.45) is 0 Å². The summed E-state index contributed by atoms with van der Waals surface area (Å²) in [5.74, 6) is -0.517. The summed E-state index contributed by atoms with van der Waals surface area (Å²) in [6.07, 6.45) is 3.45. The molecule has 2 heterocycles. The topological polar surface area (TPSA) is 60.9 Å². The second-order valence-corrected chi connectivity index (χ2v) is 9.00. The highest BCUT2D eigenvalue weighted by Gasteiger charge is 2.31. The molecule has 26 heavy (non-hydrogen) atoms. The van der Waals surface area contributed by atoms with E-state index in [4.69, 9.17) is 0 Å². The van der Waals surface area contributed by atoms with Crippen molar-refractivity contribution < 1.29 is 17.6 Å². The first-order valence-corrected chi connectivity index (χ1v) is 10.6. The monoisotopic (exact) mass is 383 g/mol. The zero-order chi connectivity index (χ0) is 18.7. The number of hydrogen-bond acceptors (Lipinski definition) is 4. The zero-order valence-electron chi connectivity index (χ0n) is 15.1. The van der Waals surface area contributed by atoms with Gasteiger partial charge in [0, 0.05) is 32.2 Å². The van der Waals surface area contributed by atoms with Crippen molar-refractivity contribution in [1.82, 2.24) is 14.1 Å². The van der Waals surface area contributed by atoms with Gasteiger partial charge in [-0.3, -0.25) is 9.69 Å². The largest absolute Gasteiger partial charge is 0.339 e. The van der Waals surface area contributed by atoms with Gasteiger partial charge in [-0.25, -0.2) is 12.8 Å². The number of rotatable bonds is 4. The molecule has 8 heteroatoms. The molecule has 3 rings (SSSR count). The number of benzene rings is 1. The zero-order valence-corrected chi connectivity index (χ0v) is 15.9. The van der Waals surface area contributed by atoms with Crippen LogP contribution in [0.15, 0.2) is 29.2 Å². The highest BCUT2D eigenvalue weighted by atomic mass is 32.2. The molecule has 2 aliphatic heterocycles. The van der Waals surface area contributed by atoms with Crippen LogP contribution in [0.25, 0.3) is 0 Å². The molecule has 6 nitrogen and oxygen atoms in total. The lowest BCUT2D eigenvalue weighted by atomic mass is 10.0. The van der Waals surface area contributed by atoms with Crippen molar-refractivity contribution in [3.8, 4) is 0 Å². The van der Waals surface area contributed by atoms with Crippen LogP contribution in [0.3, 0.4) is 0 Å². The van der Waals surface area contributed by atoms with E-state index in [2.05, 4.69) is 11.8 Å². The fourth-order valence-electron chi connectivity index (χ4n) is 3.62. The number of halogens is 1. The Morgan fingerprint density at radius 1 is 1.15 bits per heavy atom. The van der Waals surface area contributed by atoms with E-state index >= 15 is 0 Å². The van der Waals surface area contributed by atoms with E-state index in [0.717, 1.165) is 25.5 Å². The van der Waals surface area contributed by atoms with Crippen LogP contribution in [0, 0.1) is 5.82 Å². The maximum Gasteiger partial charge on any atom is 0.243 e. The maximum absolute atomic E-state index is 13.3. The molecule has 0 saturated carbocycles. The number of piperazine rings is 1. The third-order valence-electron chi connectivity index (χ3n) is 5.30. The Morgan fingerprint density at radius 2 is 1.88 bits per heavy atom. The highest BCUT2D eigenvalue weighted by molar-refractivity contribution is 7.89. The quantitative estimate of drug-likeness (QED) is 0.791. The Kier molecular flexibility index (Phi) is 5.94. The van der Waals surface area contributed by atoms with Crippen molar-refractivity contribution in [2.45, 2.75) is 37.1 Å². The average molecular weight is 383 g/mol. The van der Waals surface area contributed by atoms with Crippen LogP contribution in [0.5, 0.6) is 0 Å². The van der Waals surface area contributed by atoms with Crippen molar-refractivity contribution >= 4 is 15.9 Å². The molecule has 0 spiro atoms. The lowest BCUT2D eigenvalue weighted by molar-refractivity contribution is -0.134. The second kappa shape index (κ2) is 8.02. The predicted octanol–water partition coefficient (Wildman–Crippen LogP) is 1.53. The molecule has 0 unspecified atom stereocenters. The predicted molar refractivity (Wildman–Crippen MR) is 96.6 cm³/mol. The Morgan fingerprint density at radius 3 is 2.54 bits per heavy atom. The Labute approximate surface area is 154 Å². The fraction of sp³-hybridized carbons (Fsp3) is 0.611. The molecule has 1 aromatic rings. The first-order valence-electron chi connectivity index (χ1n) is 9.15. The maximum atomic E-state index is 13.3. The first kappa shape index (κ1) is 19.3. The normalized spacial score (nSPS) is 23.2. The van der Waals surface area contributed by atoms with Crippen LogP contribution in [-0.4, -0.2) is 73.7 Å². The fourth-order valence-corrected chi connectivity index (χ4v) is 5.07. The van der Waals surface area contributed by atoms with Crippen molar-refractivity contribution in [2.75, 3.05) is 39.3 Å². The van der Waals surface area contributed by atoms with Gasteiger partial charge in [-0.05, 0) is 44.5 Å². The molecule has 0 bridgehead atoms. The van der Waals surface area contributed by atoms with Crippen molar-refractivity contribution in [3.05, 3.63) is 30.1 Å². The van der Waals surface area contributed by atoms with Gasteiger partial charge in [0.25, 0.3) is 0 Å². The number of hydrogen-bond donors (Lipinski definition) is 0. The SMILES string of the molecule is C[C@H]1CCCCN1CC(=O)N1CCN(S(=O)(=O)c2cccc(F)c2)CC1. The second-order valence-electron chi connectivity index (χ2n) is 7.06. The van der Waals surface area contributed by atoms with Gasteiger partial charge >= 0.3 is 0 Å². The summed E-state index contributed by atoms with van der Waals surface area (Å²) in [6, 6.07) is 5.46. The summed E-state index contributed by atoms with van der Waals surface area (Å²) >= 11 is 0. The number of piperidine rings is 1. The summed E-state index contributed by atoms with van der Waals surface area (Å²) in [5, 5.41) is 0. The van der Waals surface area contributed by atoms with Crippen molar-refractivity contribution in [3.63, 3.8) is 0 Å². The molecule has 1 aromatic carbocycles. The molecule has 2 saturated heterocycles. The van der Waals surface area contributed by atoms with E-state index in [1.54, 1.807) is 4.90 Å². The van der Waals surface area contributed by atoms with Gasteiger partial charge in [-0.1, -0.05) is 12.5 Å². The third kappa shape index (κ3) is 4.24. The van der Waals surface area contributed by atoms with E-state index < -0.39 is 15.8 Å². The van der Waals surface area contributed by atoms with E-state index in [1.165, 1.54) is 28.9 Å². The molecular formula is C18H26FN3O3S. The minimum absolute atomic E-state index is 0.0422. The Balaban J connectivity index is 1.57. The van der Waals surface area contributed by atoms with Gasteiger partial charge in [-0.2, -0.15) is 4.31 Å². The lowest BCUT2D eigenvalue weighted by Gasteiger charge is -2.37. The van der Waals surface area contributed by atoms with Gasteiger partial charge in [-0.15, -0.1) is 0 Å². The summed E-state index contributed by atoms with van der Waals surface area (Å²) < 4.78 is 39.9. The smallest absolute Gasteiger partial charge is 0.243 e. The van der Waals surface area contributed by atoms with E-state index in [0.29, 0.717) is 25.7 Å². The summed E-state index contributed by atoms with van der Waals surface area (Å²) in [6.45, 7) is 4.71. The summed E-state index contributed by atoms with van der Waals surface area (Å²) in [4.78, 5) is 16.5. The van der Waals surface area contributed by atoms with E-state index in [-0.39, 0.29) is 23.9 Å². The average Bonchev–Trinajstić information content (AvgIpc) is 2.63. The van der Waals surface area contributed by atoms with Crippen LogP contribution in [0.4, 0.5) is 4.39 Å². The van der Waals surface area contributed by atoms with E-state index in [9.17, 15) is 17.6 Å². The molecule has 2 fully saturated rings. The van der Waals surface area contributed by atoms with Gasteiger partial charge in [0.1, 0.15) is 5.82 Å². The Hall–Kier alpha value is -1.51. The van der Waals surface area contributed by atoms with E-state index in [1.807, 2.05) is 0 Å². The van der Waals surface area contributed by atoms with Crippen LogP contribution >= 0.6 is 0 Å². The first-order chi connectivity index (χ1) is 12.4. The van der Waals surface area contributed by atoms with Crippen LogP contribution in [0.2, 0.25) is 0 Å². The molecule has 0 N–H and O–H groups in total. The standard InChI is InChI=1S/C18H26FN3O3S/c1-15-5-2-3-8-21(15)14-18(23)20-9-11-22(12-10-20)26(24,25)17-7-4-6-16(19)13-17/h4,6-7,13,15H,2-3,5,8-12,14H2,1H3/t15-/m0/s1. The van der Waals surface area contributed by atoms with Gasteiger partial charge in [0.05, 0.1) is 11.4 Å². The minimum atomic E-state index is -3.72. The number of likely N-dealkylation sites (tertiary alicyclic amines) is 1. The molecule has 0 aromatic heterocycles. The molecule has 1 amide bonds.